The Labute approximate surface area is 123 Å². The Morgan fingerprint density at radius 1 is 0.864 bits per heavy atom. The summed E-state index contributed by atoms with van der Waals surface area (Å²) in [5.41, 5.74) is 0. The predicted molar refractivity (Wildman–Crippen MR) is 64.5 cm³/mol. The lowest BCUT2D eigenvalue weighted by Gasteiger charge is -2.53. The van der Waals surface area contributed by atoms with E-state index in [0.717, 1.165) is 32.1 Å². The molecule has 4 aliphatic rings. The van der Waals surface area contributed by atoms with Crippen LogP contribution < -0.4 is 0 Å². The zero-order chi connectivity index (χ0) is 16.3. The highest BCUT2D eigenvalue weighted by Crippen LogP contribution is 2.55. The Balaban J connectivity index is 1.73. The minimum atomic E-state index is -5.48. The summed E-state index contributed by atoms with van der Waals surface area (Å²) in [5, 5.41) is 8.20. The Hall–Kier alpha value is -1.34. The van der Waals surface area contributed by atoms with Crippen LogP contribution in [0.2, 0.25) is 0 Å². The first-order chi connectivity index (χ1) is 10.1. The molecule has 4 nitrogen and oxygen atoms in total. The molecule has 4 rings (SSSR count). The van der Waals surface area contributed by atoms with Gasteiger partial charge in [0.1, 0.15) is 6.10 Å². The molecular formula is C14H16F4O4. The number of hydrogen-bond acceptors (Lipinski definition) is 3. The predicted octanol–water partition coefficient (Wildman–Crippen LogP) is 2.71. The molecular weight excluding hydrogens is 308 g/mol. The van der Waals surface area contributed by atoms with Gasteiger partial charge in [-0.15, -0.1) is 0 Å². The number of aliphatic carboxylic acids is 1. The highest BCUT2D eigenvalue weighted by Gasteiger charge is 2.69. The van der Waals surface area contributed by atoms with Gasteiger partial charge in [-0.2, -0.15) is 17.6 Å². The third-order valence-corrected chi connectivity index (χ3v) is 5.30. The summed E-state index contributed by atoms with van der Waals surface area (Å²) in [7, 11) is 0. The Kier molecular flexibility index (Phi) is 3.41. The fraction of sp³-hybridized carbons (Fsp3) is 0.857. The standard InChI is InChI=1S/C14H16F4O4/c15-13(16,11(19)20)14(17,18)12(21)22-10-8-2-6-1-7(4-8)5-9(10)3-6/h6-10H,1-5H2,(H,19,20). The van der Waals surface area contributed by atoms with Crippen LogP contribution in [0, 0.1) is 23.7 Å². The van der Waals surface area contributed by atoms with Gasteiger partial charge in [0, 0.05) is 0 Å². The first-order valence-electron chi connectivity index (χ1n) is 7.33. The number of carboxylic acids is 1. The Bertz CT molecular complexity index is 477. The largest absolute Gasteiger partial charge is 0.477 e. The van der Waals surface area contributed by atoms with E-state index in [2.05, 4.69) is 0 Å². The lowest BCUT2D eigenvalue weighted by atomic mass is 9.55. The van der Waals surface area contributed by atoms with Crippen molar-refractivity contribution in [2.75, 3.05) is 0 Å². The van der Waals surface area contributed by atoms with E-state index in [4.69, 9.17) is 9.84 Å². The van der Waals surface area contributed by atoms with Gasteiger partial charge in [0.05, 0.1) is 0 Å². The number of rotatable bonds is 4. The van der Waals surface area contributed by atoms with Gasteiger partial charge in [-0.3, -0.25) is 0 Å². The normalized spacial score (nSPS) is 37.2. The topological polar surface area (TPSA) is 63.6 Å². The minimum Gasteiger partial charge on any atom is -0.477 e. The number of esters is 1. The second-order valence-electron chi connectivity index (χ2n) is 6.75. The number of hydrogen-bond donors (Lipinski definition) is 1. The van der Waals surface area contributed by atoms with E-state index in [0.29, 0.717) is 11.8 Å². The third kappa shape index (κ3) is 2.18. The molecule has 0 aromatic rings. The van der Waals surface area contributed by atoms with Gasteiger partial charge in [0.15, 0.2) is 0 Å². The summed E-state index contributed by atoms with van der Waals surface area (Å²) in [5.74, 6) is -15.5. The van der Waals surface area contributed by atoms with Crippen molar-refractivity contribution in [1.29, 1.82) is 0 Å². The van der Waals surface area contributed by atoms with E-state index in [1.165, 1.54) is 0 Å². The van der Waals surface area contributed by atoms with Crippen LogP contribution in [0.3, 0.4) is 0 Å². The molecule has 22 heavy (non-hydrogen) atoms. The monoisotopic (exact) mass is 324 g/mol. The number of carboxylic acid groups (broad SMARTS) is 1. The molecule has 0 aliphatic heterocycles. The summed E-state index contributed by atoms with van der Waals surface area (Å²) in [4.78, 5) is 21.8. The average molecular weight is 324 g/mol. The third-order valence-electron chi connectivity index (χ3n) is 5.30. The molecule has 4 saturated carbocycles. The number of carbonyl (C=O) groups is 2. The maximum absolute atomic E-state index is 13.5. The molecule has 0 radical (unpaired) electrons. The molecule has 4 aliphatic carbocycles. The fourth-order valence-electron chi connectivity index (χ4n) is 4.53. The van der Waals surface area contributed by atoms with Crippen molar-refractivity contribution >= 4 is 11.9 Å². The summed E-state index contributed by atoms with van der Waals surface area (Å²) in [6.45, 7) is 0. The molecule has 8 heteroatoms. The van der Waals surface area contributed by atoms with Crippen molar-refractivity contribution in [1.82, 2.24) is 0 Å². The molecule has 0 amide bonds. The smallest absolute Gasteiger partial charge is 0.415 e. The van der Waals surface area contributed by atoms with E-state index in [-0.39, 0.29) is 11.8 Å². The van der Waals surface area contributed by atoms with E-state index >= 15 is 0 Å². The second-order valence-corrected chi connectivity index (χ2v) is 6.75. The van der Waals surface area contributed by atoms with Gasteiger partial charge in [0.25, 0.3) is 0 Å². The van der Waals surface area contributed by atoms with Gasteiger partial charge in [-0.05, 0) is 55.8 Å². The van der Waals surface area contributed by atoms with Crippen LogP contribution >= 0.6 is 0 Å². The molecule has 0 saturated heterocycles. The number of alkyl halides is 4. The summed E-state index contributed by atoms with van der Waals surface area (Å²) in [6.07, 6.45) is 3.33. The second kappa shape index (κ2) is 4.83. The molecule has 124 valence electrons. The van der Waals surface area contributed by atoms with Gasteiger partial charge in [0.2, 0.25) is 0 Å². The van der Waals surface area contributed by atoms with Gasteiger partial charge < -0.3 is 9.84 Å². The number of ether oxygens (including phenoxy) is 1. The van der Waals surface area contributed by atoms with Crippen molar-refractivity contribution in [3.63, 3.8) is 0 Å². The fourth-order valence-corrected chi connectivity index (χ4v) is 4.53. The van der Waals surface area contributed by atoms with E-state index in [1.807, 2.05) is 0 Å². The lowest BCUT2D eigenvalue weighted by molar-refractivity contribution is -0.244. The Morgan fingerprint density at radius 3 is 1.73 bits per heavy atom. The van der Waals surface area contributed by atoms with Crippen LogP contribution in [0.25, 0.3) is 0 Å². The van der Waals surface area contributed by atoms with Crippen LogP contribution in [0.15, 0.2) is 0 Å². The van der Waals surface area contributed by atoms with Crippen LogP contribution in [0.5, 0.6) is 0 Å². The minimum absolute atomic E-state index is 0.0746. The molecule has 4 fully saturated rings. The molecule has 0 heterocycles. The van der Waals surface area contributed by atoms with Crippen LogP contribution in [-0.4, -0.2) is 35.0 Å². The quantitative estimate of drug-likeness (QED) is 0.638. The van der Waals surface area contributed by atoms with Crippen LogP contribution in [0.1, 0.15) is 32.1 Å². The zero-order valence-electron chi connectivity index (χ0n) is 11.6. The molecule has 0 aromatic carbocycles. The highest BCUT2D eigenvalue weighted by molar-refractivity contribution is 5.89. The average Bonchev–Trinajstić information content (AvgIpc) is 2.41. The summed E-state index contributed by atoms with van der Waals surface area (Å²) >= 11 is 0. The van der Waals surface area contributed by atoms with Crippen molar-refractivity contribution in [3.8, 4) is 0 Å². The van der Waals surface area contributed by atoms with Crippen LogP contribution in [-0.2, 0) is 14.3 Å². The summed E-state index contributed by atoms with van der Waals surface area (Å²) in [6, 6.07) is 0. The zero-order valence-corrected chi connectivity index (χ0v) is 11.6. The SMILES string of the molecule is O=C(O)C(F)(F)C(F)(F)C(=O)OC1C2CC3CC(C2)CC1C3. The molecule has 0 unspecified atom stereocenters. The molecule has 0 aromatic heterocycles. The molecule has 0 atom stereocenters. The van der Waals surface area contributed by atoms with Crippen molar-refractivity contribution in [2.45, 2.75) is 50.1 Å². The molecule has 4 bridgehead atoms. The number of halogens is 4. The van der Waals surface area contributed by atoms with Crippen molar-refractivity contribution in [3.05, 3.63) is 0 Å². The van der Waals surface area contributed by atoms with E-state index < -0.39 is 29.9 Å². The number of carbonyl (C=O) groups excluding carboxylic acids is 1. The lowest BCUT2D eigenvalue weighted by Crippen LogP contribution is -2.56. The van der Waals surface area contributed by atoms with Crippen LogP contribution in [0.4, 0.5) is 17.6 Å². The maximum atomic E-state index is 13.5. The maximum Gasteiger partial charge on any atom is 0.415 e. The van der Waals surface area contributed by atoms with Gasteiger partial charge in [-0.1, -0.05) is 0 Å². The first kappa shape index (κ1) is 15.6. The highest BCUT2D eigenvalue weighted by atomic mass is 19.3. The van der Waals surface area contributed by atoms with Crippen molar-refractivity contribution < 1.29 is 37.0 Å². The Morgan fingerprint density at radius 2 is 1.32 bits per heavy atom. The summed E-state index contributed by atoms with van der Waals surface area (Å²) < 4.78 is 57.7. The van der Waals surface area contributed by atoms with Gasteiger partial charge >= 0.3 is 23.8 Å². The molecule has 1 N–H and O–H groups in total. The molecule has 0 spiro atoms. The van der Waals surface area contributed by atoms with Crippen molar-refractivity contribution in [2.24, 2.45) is 23.7 Å². The van der Waals surface area contributed by atoms with Gasteiger partial charge in [-0.25, -0.2) is 9.59 Å². The first-order valence-corrected chi connectivity index (χ1v) is 7.33. The van der Waals surface area contributed by atoms with E-state index in [1.54, 1.807) is 0 Å². The van der Waals surface area contributed by atoms with E-state index in [9.17, 15) is 27.2 Å².